The van der Waals surface area contributed by atoms with Crippen molar-refractivity contribution in [2.24, 2.45) is 0 Å². The summed E-state index contributed by atoms with van der Waals surface area (Å²) in [5, 5.41) is -0.656. The standard InChI is InChI=1S/C40H30O2S3/c41-37(29-13-5-1-6-14-29)39(31-17-9-3-10-18-31)44-35-25-21-33(22-26-35)43-34-23-27-36(28-24-34)45-40(32-19-11-4-12-20-32)38(42)30-15-7-2-8-16-30/h1-28,39-40H. The van der Waals surface area contributed by atoms with Crippen LogP contribution in [0.1, 0.15) is 42.3 Å². The number of rotatable bonds is 12. The van der Waals surface area contributed by atoms with Crippen molar-refractivity contribution in [2.45, 2.75) is 30.1 Å². The van der Waals surface area contributed by atoms with Crippen LogP contribution in [0.25, 0.3) is 0 Å². The van der Waals surface area contributed by atoms with Crippen molar-refractivity contribution < 1.29 is 9.59 Å². The summed E-state index contributed by atoms with van der Waals surface area (Å²) in [4.78, 5) is 31.3. The van der Waals surface area contributed by atoms with Gasteiger partial charge in [-0.25, -0.2) is 0 Å². The molecule has 0 saturated carbocycles. The van der Waals surface area contributed by atoms with Crippen LogP contribution >= 0.6 is 35.3 Å². The van der Waals surface area contributed by atoms with Gasteiger partial charge in [0.1, 0.15) is 0 Å². The number of benzene rings is 6. The fourth-order valence-electron chi connectivity index (χ4n) is 4.89. The van der Waals surface area contributed by atoms with E-state index in [4.69, 9.17) is 0 Å². The van der Waals surface area contributed by atoms with E-state index in [9.17, 15) is 9.59 Å². The van der Waals surface area contributed by atoms with Gasteiger partial charge < -0.3 is 0 Å². The molecule has 0 amide bonds. The third-order valence-corrected chi connectivity index (χ3v) is 10.7. The van der Waals surface area contributed by atoms with Crippen molar-refractivity contribution in [2.75, 3.05) is 0 Å². The molecule has 2 atom stereocenters. The first-order valence-corrected chi connectivity index (χ1v) is 17.2. The summed E-state index contributed by atoms with van der Waals surface area (Å²) in [6.07, 6.45) is 0. The van der Waals surface area contributed by atoms with Crippen LogP contribution in [0.15, 0.2) is 189 Å². The van der Waals surface area contributed by atoms with Crippen LogP contribution in [0.4, 0.5) is 0 Å². The highest BCUT2D eigenvalue weighted by atomic mass is 32.2. The summed E-state index contributed by atoms with van der Waals surface area (Å²) >= 11 is 4.84. The summed E-state index contributed by atoms with van der Waals surface area (Å²) in [6, 6.07) is 55.7. The molecular weight excluding hydrogens is 609 g/mol. The van der Waals surface area contributed by atoms with E-state index in [-0.39, 0.29) is 22.1 Å². The molecule has 0 radical (unpaired) electrons. The summed E-state index contributed by atoms with van der Waals surface area (Å²) in [5.74, 6) is 0.200. The minimum absolute atomic E-state index is 0.100. The predicted octanol–water partition coefficient (Wildman–Crippen LogP) is 11.3. The van der Waals surface area contributed by atoms with Gasteiger partial charge in [0.2, 0.25) is 0 Å². The molecule has 0 fully saturated rings. The Morgan fingerprint density at radius 1 is 0.356 bits per heavy atom. The van der Waals surface area contributed by atoms with E-state index in [1.807, 2.05) is 121 Å². The highest BCUT2D eigenvalue weighted by Crippen LogP contribution is 2.41. The third-order valence-electron chi connectivity index (χ3n) is 7.19. The van der Waals surface area contributed by atoms with Crippen molar-refractivity contribution in [3.63, 3.8) is 0 Å². The summed E-state index contributed by atoms with van der Waals surface area (Å²) < 4.78 is 0. The zero-order valence-electron chi connectivity index (χ0n) is 24.4. The van der Waals surface area contributed by atoms with Gasteiger partial charge in [0.25, 0.3) is 0 Å². The fourth-order valence-corrected chi connectivity index (χ4v) is 7.91. The van der Waals surface area contributed by atoms with Gasteiger partial charge in [-0.1, -0.05) is 133 Å². The Balaban J connectivity index is 1.14. The molecule has 0 bridgehead atoms. The van der Waals surface area contributed by atoms with Crippen LogP contribution < -0.4 is 0 Å². The Bertz CT molecular complexity index is 1690. The summed E-state index contributed by atoms with van der Waals surface area (Å²) in [6.45, 7) is 0. The number of hydrogen-bond acceptors (Lipinski definition) is 5. The van der Waals surface area contributed by atoms with Crippen LogP contribution in [0.2, 0.25) is 0 Å². The Hall–Kier alpha value is -4.29. The highest BCUT2D eigenvalue weighted by molar-refractivity contribution is 8.00. The molecule has 0 aliphatic carbocycles. The molecule has 2 unspecified atom stereocenters. The average Bonchev–Trinajstić information content (AvgIpc) is 3.12. The smallest absolute Gasteiger partial charge is 0.180 e. The van der Waals surface area contributed by atoms with Gasteiger partial charge in [-0.3, -0.25) is 9.59 Å². The van der Waals surface area contributed by atoms with Crippen LogP contribution in [-0.2, 0) is 0 Å². The quantitative estimate of drug-likeness (QED) is 0.0984. The van der Waals surface area contributed by atoms with Crippen molar-refractivity contribution in [1.29, 1.82) is 0 Å². The number of ketones is 2. The Kier molecular flexibility index (Phi) is 10.3. The molecule has 6 aromatic carbocycles. The van der Waals surface area contributed by atoms with E-state index in [0.717, 1.165) is 30.7 Å². The second-order valence-corrected chi connectivity index (χ2v) is 13.8. The maximum Gasteiger partial charge on any atom is 0.180 e. The Morgan fingerprint density at radius 2 is 0.644 bits per heavy atom. The van der Waals surface area contributed by atoms with Crippen LogP contribution in [0, 0.1) is 0 Å². The minimum atomic E-state index is -0.328. The molecule has 5 heteroatoms. The average molecular weight is 639 g/mol. The molecular formula is C40H30O2S3. The zero-order chi connectivity index (χ0) is 30.8. The molecule has 0 N–H and O–H groups in total. The second kappa shape index (κ2) is 15.1. The van der Waals surface area contributed by atoms with Gasteiger partial charge in [-0.05, 0) is 59.7 Å². The minimum Gasteiger partial charge on any atom is -0.293 e. The summed E-state index contributed by atoms with van der Waals surface area (Å²) in [5.41, 5.74) is 3.42. The van der Waals surface area contributed by atoms with E-state index in [1.165, 1.54) is 0 Å². The van der Waals surface area contributed by atoms with Gasteiger partial charge >= 0.3 is 0 Å². The van der Waals surface area contributed by atoms with E-state index >= 15 is 0 Å². The maximum atomic E-state index is 13.5. The van der Waals surface area contributed by atoms with Crippen LogP contribution in [-0.4, -0.2) is 11.6 Å². The largest absolute Gasteiger partial charge is 0.293 e. The number of thioether (sulfide) groups is 2. The number of hydrogen-bond donors (Lipinski definition) is 0. The maximum absolute atomic E-state index is 13.5. The molecule has 0 aliphatic rings. The number of Topliss-reactive ketones (excluding diaryl/α,β-unsaturated/α-hetero) is 2. The first-order chi connectivity index (χ1) is 22.1. The van der Waals surface area contributed by atoms with Crippen molar-refractivity contribution >= 4 is 46.9 Å². The third kappa shape index (κ3) is 8.06. The Morgan fingerprint density at radius 3 is 0.978 bits per heavy atom. The van der Waals surface area contributed by atoms with E-state index in [0.29, 0.717) is 11.1 Å². The van der Waals surface area contributed by atoms with E-state index in [1.54, 1.807) is 35.3 Å². The molecule has 6 aromatic rings. The van der Waals surface area contributed by atoms with Gasteiger partial charge in [0.15, 0.2) is 11.6 Å². The van der Waals surface area contributed by atoms with Crippen molar-refractivity contribution in [3.8, 4) is 0 Å². The predicted molar refractivity (Wildman–Crippen MR) is 189 cm³/mol. The van der Waals surface area contributed by atoms with Crippen molar-refractivity contribution in [1.82, 2.24) is 0 Å². The molecule has 0 aromatic heterocycles. The lowest BCUT2D eigenvalue weighted by Gasteiger charge is -2.17. The lowest BCUT2D eigenvalue weighted by molar-refractivity contribution is 0.0981. The number of carbonyl (C=O) groups is 2. The molecule has 0 heterocycles. The lowest BCUT2D eigenvalue weighted by Crippen LogP contribution is -2.09. The topological polar surface area (TPSA) is 34.1 Å². The first kappa shape index (κ1) is 30.7. The molecule has 0 saturated heterocycles. The van der Waals surface area contributed by atoms with Crippen LogP contribution in [0.3, 0.4) is 0 Å². The molecule has 45 heavy (non-hydrogen) atoms. The normalized spacial score (nSPS) is 12.3. The van der Waals surface area contributed by atoms with Gasteiger partial charge in [0, 0.05) is 30.7 Å². The van der Waals surface area contributed by atoms with E-state index < -0.39 is 0 Å². The van der Waals surface area contributed by atoms with Crippen LogP contribution in [0.5, 0.6) is 0 Å². The van der Waals surface area contributed by atoms with Gasteiger partial charge in [-0.2, -0.15) is 0 Å². The van der Waals surface area contributed by atoms with Gasteiger partial charge in [0.05, 0.1) is 10.5 Å². The second-order valence-electron chi connectivity index (χ2n) is 10.3. The first-order valence-electron chi connectivity index (χ1n) is 14.6. The Labute approximate surface area is 277 Å². The monoisotopic (exact) mass is 638 g/mol. The highest BCUT2D eigenvalue weighted by Gasteiger charge is 2.24. The fraction of sp³-hybridized carbons (Fsp3) is 0.0500. The lowest BCUT2D eigenvalue weighted by atomic mass is 10.0. The van der Waals surface area contributed by atoms with Crippen molar-refractivity contribution in [3.05, 3.63) is 192 Å². The SMILES string of the molecule is O=C(c1ccccc1)C(Sc1ccc(Sc2ccc(SC(C(=O)c3ccccc3)c3ccccc3)cc2)cc1)c1ccccc1. The van der Waals surface area contributed by atoms with Gasteiger partial charge in [-0.15, -0.1) is 23.5 Å². The molecule has 2 nitrogen and oxygen atoms in total. The summed E-state index contributed by atoms with van der Waals surface area (Å²) in [7, 11) is 0. The molecule has 6 rings (SSSR count). The molecule has 0 aliphatic heterocycles. The zero-order valence-corrected chi connectivity index (χ0v) is 26.8. The molecule has 0 spiro atoms. The number of carbonyl (C=O) groups excluding carboxylic acids is 2. The van der Waals surface area contributed by atoms with E-state index in [2.05, 4.69) is 48.5 Å². The molecule has 220 valence electrons.